The molecule has 0 spiro atoms. The van der Waals surface area contributed by atoms with Crippen LogP contribution in [0.1, 0.15) is 19.3 Å². The van der Waals surface area contributed by atoms with Crippen molar-refractivity contribution in [2.75, 3.05) is 26.4 Å². The van der Waals surface area contributed by atoms with Gasteiger partial charge in [0.2, 0.25) is 0 Å². The van der Waals surface area contributed by atoms with Crippen molar-refractivity contribution in [1.29, 1.82) is 0 Å². The number of rotatable bonds is 19. The Bertz CT molecular complexity index is 1690. The molecule has 0 aromatic carbocycles. The molecule has 18 unspecified atom stereocenters. The van der Waals surface area contributed by atoms with Gasteiger partial charge in [-0.25, -0.2) is 4.79 Å². The molecule has 15 N–H and O–H groups in total. The van der Waals surface area contributed by atoms with Gasteiger partial charge in [0.1, 0.15) is 122 Å². The number of epoxide rings is 3. The second-order valence-corrected chi connectivity index (χ2v) is 17.8. The topological polar surface area (TPSA) is 454 Å². The maximum Gasteiger partial charge on any atom is 0.335 e. The van der Waals surface area contributed by atoms with Crippen molar-refractivity contribution in [2.24, 2.45) is 5.73 Å². The van der Waals surface area contributed by atoms with Gasteiger partial charge in [-0.3, -0.25) is 0 Å². The van der Waals surface area contributed by atoms with Crippen molar-refractivity contribution in [3.63, 3.8) is 0 Å². The van der Waals surface area contributed by atoms with E-state index in [1.54, 1.807) is 0 Å². The Hall–Kier alpha value is -1.65. The second-order valence-electron chi connectivity index (χ2n) is 17.8. The number of ether oxygens (including phenoxy) is 15. The van der Waals surface area contributed by atoms with E-state index in [-0.39, 0.29) is 6.61 Å². The zero-order valence-corrected chi connectivity index (χ0v) is 35.7. The molecule has 9 aliphatic heterocycles. The van der Waals surface area contributed by atoms with Crippen LogP contribution >= 0.6 is 0 Å². The zero-order valence-electron chi connectivity index (χ0n) is 35.7. The Morgan fingerprint density at radius 1 is 0.426 bits per heavy atom. The number of aliphatic hydroxyl groups excluding tert-OH is 12. The van der Waals surface area contributed by atoms with Gasteiger partial charge in [-0.15, -0.1) is 0 Å². The fourth-order valence-corrected chi connectivity index (χ4v) is 8.98. The van der Waals surface area contributed by atoms with Crippen molar-refractivity contribution < 1.29 is 142 Å². The van der Waals surface area contributed by atoms with Gasteiger partial charge in [-0.2, -0.15) is 0 Å². The van der Waals surface area contributed by atoms with E-state index in [2.05, 4.69) is 0 Å². The first-order chi connectivity index (χ1) is 32.5. The van der Waals surface area contributed by atoms with Crippen LogP contribution in [0, 0.1) is 0 Å². The first-order valence-corrected chi connectivity index (χ1v) is 22.3. The van der Waals surface area contributed by atoms with Crippen LogP contribution in [0.5, 0.6) is 0 Å². The van der Waals surface area contributed by atoms with Crippen molar-refractivity contribution in [2.45, 2.75) is 204 Å². The number of hydrogen-bond acceptors (Lipinski definition) is 29. The molecule has 9 aliphatic rings. The predicted molar refractivity (Wildman–Crippen MR) is 202 cm³/mol. The van der Waals surface area contributed by atoms with Crippen LogP contribution < -0.4 is 5.73 Å². The number of hydrogen-bond donors (Lipinski definition) is 14. The molecular formula is C38H59NO29. The molecule has 0 aromatic rings. The molecule has 0 aliphatic carbocycles. The van der Waals surface area contributed by atoms with Gasteiger partial charge >= 0.3 is 5.97 Å². The van der Waals surface area contributed by atoms with Gasteiger partial charge in [0, 0.05) is 6.61 Å². The molecule has 9 heterocycles. The summed E-state index contributed by atoms with van der Waals surface area (Å²) in [6.07, 6.45) is -46.0. The summed E-state index contributed by atoms with van der Waals surface area (Å²) in [6.45, 7) is -1.04. The van der Waals surface area contributed by atoms with Crippen LogP contribution in [0.4, 0.5) is 0 Å². The molecular weight excluding hydrogens is 934 g/mol. The predicted octanol–water partition coefficient (Wildman–Crippen LogP) is -9.85. The standard InChI is InChI=1S/C38H59NO29/c39-4-2-1-3-5-54-31-20(51)22(26-36(64-26)66-31)59-37-27(63-32-17(48)11(42)10(41)9(57-32)7-55-30-16(47)12(43)13(44)23(60-30)29(52)53)25(28-38(65-28)68-37)62-33-18(49)14(45)21(8(6-40)56-33)58-34-19(50)15(46)24-35(61-24)67-34/h8-28,30-38,40-51H,1-7,39H2,(H,52,53)/t8?,9?,10-,11?,12?,13+,14?,15?,16?,17?,18?,19?,20?,21-,22?,23?,24-,25?,26-,27?,28-,30+,31-,32-,33+,34+,35?,36?,37-,38?/m1/s1. The Kier molecular flexibility index (Phi) is 15.9. The van der Waals surface area contributed by atoms with Gasteiger partial charge in [0.15, 0.2) is 62.7 Å². The van der Waals surface area contributed by atoms with E-state index in [1.165, 1.54) is 0 Å². The lowest BCUT2D eigenvalue weighted by atomic mass is 9.97. The van der Waals surface area contributed by atoms with Gasteiger partial charge in [-0.1, -0.05) is 0 Å². The lowest BCUT2D eigenvalue weighted by molar-refractivity contribution is -0.384. The molecule has 0 radical (unpaired) electrons. The molecule has 30 nitrogen and oxygen atoms in total. The molecule has 9 fully saturated rings. The third-order valence-corrected chi connectivity index (χ3v) is 13.1. The molecule has 9 saturated heterocycles. The number of carbonyl (C=O) groups is 1. The normalized spacial score (nSPS) is 54.0. The SMILES string of the molecule is NCCCCCO[C@@H]1OC2O[C@@H]2C(O[C@@H]2OC3O[C@@H]3C(O[C@@H]3OC(CO)[C@@H](O[C@H]4OC5O[C@@H]5C(O)C4O)C(O)C3O)C2O[C@H]2OC(CO[C@H]3OC(C(=O)O)[C@@H](O)C(O)C3O)[C@@H](O)C(O)C2O)C1O. The summed E-state index contributed by atoms with van der Waals surface area (Å²) in [6, 6.07) is 0. The van der Waals surface area contributed by atoms with E-state index in [0.29, 0.717) is 13.0 Å². The average Bonchev–Trinajstić information content (AvgIpc) is 4.22. The minimum absolute atomic E-state index is 0.178. The Balaban J connectivity index is 0.936. The summed E-state index contributed by atoms with van der Waals surface area (Å²) >= 11 is 0. The summed E-state index contributed by atoms with van der Waals surface area (Å²) in [7, 11) is 0. The minimum Gasteiger partial charge on any atom is -0.479 e. The third kappa shape index (κ3) is 10.3. The highest BCUT2D eigenvalue weighted by molar-refractivity contribution is 5.73. The third-order valence-electron chi connectivity index (χ3n) is 13.1. The molecule has 9 rings (SSSR count). The second kappa shape index (κ2) is 21.1. The number of carboxylic acid groups (broad SMARTS) is 1. The summed E-state index contributed by atoms with van der Waals surface area (Å²) < 4.78 is 86.3. The quantitative estimate of drug-likeness (QED) is 0.0422. The fraction of sp³-hybridized carbons (Fsp3) is 0.974. The summed E-state index contributed by atoms with van der Waals surface area (Å²) in [4.78, 5) is 11.6. The number of aliphatic hydroxyl groups is 12. The molecule has 30 atom stereocenters. The van der Waals surface area contributed by atoms with Crippen LogP contribution in [-0.2, 0) is 75.8 Å². The zero-order chi connectivity index (χ0) is 48.5. The largest absolute Gasteiger partial charge is 0.479 e. The highest BCUT2D eigenvalue weighted by atomic mass is 16.9. The lowest BCUT2D eigenvalue weighted by Crippen LogP contribution is -2.65. The Morgan fingerprint density at radius 3 is 1.63 bits per heavy atom. The average molecular weight is 994 g/mol. The van der Waals surface area contributed by atoms with Gasteiger partial charge in [0.25, 0.3) is 0 Å². The van der Waals surface area contributed by atoms with Crippen molar-refractivity contribution in [3.05, 3.63) is 0 Å². The van der Waals surface area contributed by atoms with E-state index < -0.39 is 204 Å². The molecule has 390 valence electrons. The highest BCUT2D eigenvalue weighted by Crippen LogP contribution is 2.45. The smallest absolute Gasteiger partial charge is 0.335 e. The maximum atomic E-state index is 11.6. The number of unbranched alkanes of at least 4 members (excludes halogenated alkanes) is 2. The molecule has 0 aromatic heterocycles. The van der Waals surface area contributed by atoms with Gasteiger partial charge in [-0.05, 0) is 25.8 Å². The minimum atomic E-state index is -2.09. The maximum absolute atomic E-state index is 11.6. The Morgan fingerprint density at radius 2 is 0.941 bits per heavy atom. The molecule has 0 saturated carbocycles. The highest BCUT2D eigenvalue weighted by Gasteiger charge is 2.65. The van der Waals surface area contributed by atoms with Crippen molar-refractivity contribution in [1.82, 2.24) is 0 Å². The van der Waals surface area contributed by atoms with Crippen LogP contribution in [0.25, 0.3) is 0 Å². The van der Waals surface area contributed by atoms with Crippen LogP contribution in [0.15, 0.2) is 0 Å². The van der Waals surface area contributed by atoms with Gasteiger partial charge < -0.3 is 143 Å². The summed E-state index contributed by atoms with van der Waals surface area (Å²) in [5, 5.41) is 139. The number of fused-ring (bicyclic) bond motifs is 3. The molecule has 0 bridgehead atoms. The fourth-order valence-electron chi connectivity index (χ4n) is 8.98. The lowest BCUT2D eigenvalue weighted by Gasteiger charge is -2.47. The summed E-state index contributed by atoms with van der Waals surface area (Å²) in [5.41, 5.74) is 5.58. The van der Waals surface area contributed by atoms with E-state index in [0.717, 1.165) is 12.8 Å². The first kappa shape index (κ1) is 51.3. The Labute approximate surface area is 384 Å². The number of carboxylic acids is 1. The monoisotopic (exact) mass is 993 g/mol. The van der Waals surface area contributed by atoms with Crippen LogP contribution in [-0.4, -0.2) is 284 Å². The summed E-state index contributed by atoms with van der Waals surface area (Å²) in [5.74, 6) is -1.71. The number of nitrogens with two attached hydrogens (primary N) is 1. The van der Waals surface area contributed by atoms with Crippen LogP contribution in [0.3, 0.4) is 0 Å². The van der Waals surface area contributed by atoms with Crippen molar-refractivity contribution in [3.8, 4) is 0 Å². The molecule has 68 heavy (non-hydrogen) atoms. The van der Waals surface area contributed by atoms with E-state index in [1.807, 2.05) is 0 Å². The number of aliphatic carboxylic acids is 1. The molecule has 30 heteroatoms. The molecule has 0 amide bonds. The van der Waals surface area contributed by atoms with Gasteiger partial charge in [0.05, 0.1) is 13.2 Å². The van der Waals surface area contributed by atoms with Crippen LogP contribution in [0.2, 0.25) is 0 Å². The first-order valence-electron chi connectivity index (χ1n) is 22.3. The van der Waals surface area contributed by atoms with E-state index in [4.69, 9.17) is 76.8 Å². The van der Waals surface area contributed by atoms with E-state index >= 15 is 0 Å². The van der Waals surface area contributed by atoms with E-state index in [9.17, 15) is 71.2 Å². The van der Waals surface area contributed by atoms with Crippen molar-refractivity contribution >= 4 is 5.97 Å².